The van der Waals surface area contributed by atoms with E-state index in [1.165, 1.54) is 0 Å². The van der Waals surface area contributed by atoms with Crippen molar-refractivity contribution in [3.8, 4) is 5.75 Å². The van der Waals surface area contributed by atoms with Crippen molar-refractivity contribution in [2.45, 2.75) is 31.6 Å². The number of hydrogen-bond donors (Lipinski definition) is 2. The lowest BCUT2D eigenvalue weighted by atomic mass is 9.71. The van der Waals surface area contributed by atoms with Crippen LogP contribution in [0.2, 0.25) is 0 Å². The van der Waals surface area contributed by atoms with Crippen LogP contribution in [0.15, 0.2) is 102 Å². The topological polar surface area (TPSA) is 83.7 Å². The number of esters is 1. The Balaban J connectivity index is 0.00000242. The molecule has 210 valence electrons. The first-order valence-electron chi connectivity index (χ1n) is 13.4. The highest BCUT2D eigenvalue weighted by Crippen LogP contribution is 2.48. The van der Waals surface area contributed by atoms with Gasteiger partial charge < -0.3 is 24.7 Å². The lowest BCUT2D eigenvalue weighted by Crippen LogP contribution is -2.36. The number of para-hydroxylation sites is 1. The molecule has 5 rings (SSSR count). The number of aromatic nitrogens is 1. The number of rotatable bonds is 8. The first kappa shape index (κ1) is 27.1. The maximum absolute atomic E-state index is 14.0. The van der Waals surface area contributed by atoms with Gasteiger partial charge in [-0.1, -0.05) is 43.0 Å². The number of nitrogens with zero attached hydrogens (tertiary/aromatic N) is 1. The number of fused-ring (bicyclic) bond motifs is 1. The molecule has 1 aliphatic heterocycles. The number of H-pyrrole nitrogens is 1. The van der Waals surface area contributed by atoms with E-state index >= 15 is 0 Å². The van der Waals surface area contributed by atoms with Crippen molar-refractivity contribution < 1.29 is 21.9 Å². The molecule has 1 unspecified atom stereocenters. The Labute approximate surface area is 237 Å². The number of hydrogen-bond acceptors (Lipinski definition) is 6. The van der Waals surface area contributed by atoms with E-state index < -0.39 is 11.9 Å². The van der Waals surface area contributed by atoms with Gasteiger partial charge in [0.05, 0.1) is 18.4 Å². The Morgan fingerprint density at radius 3 is 2.65 bits per heavy atom. The minimum Gasteiger partial charge on any atom is -0.496 e. The van der Waals surface area contributed by atoms with Crippen LogP contribution >= 0.6 is 0 Å². The van der Waals surface area contributed by atoms with Crippen LogP contribution in [0, 0.1) is 0 Å². The van der Waals surface area contributed by atoms with E-state index in [9.17, 15) is 9.59 Å². The molecule has 0 bridgehead atoms. The Hall–Kier alpha value is -4.52. The lowest BCUT2D eigenvalue weighted by molar-refractivity contribution is -0.138. The summed E-state index contributed by atoms with van der Waals surface area (Å²) in [6.07, 6.45) is 6.32. The summed E-state index contributed by atoms with van der Waals surface area (Å²) in [5.74, 6) is -0.257. The zero-order valence-corrected chi connectivity index (χ0v) is 23.4. The third-order valence-corrected chi connectivity index (χ3v) is 7.80. The molecular formula is C33H39N3O4. The van der Waals surface area contributed by atoms with E-state index in [1.807, 2.05) is 86.7 Å². The van der Waals surface area contributed by atoms with Gasteiger partial charge in [0.1, 0.15) is 12.4 Å². The smallest absolute Gasteiger partial charge is 0.337 e. The van der Waals surface area contributed by atoms with Gasteiger partial charge in [-0.2, -0.15) is 0 Å². The predicted octanol–water partition coefficient (Wildman–Crippen LogP) is 6.20. The van der Waals surface area contributed by atoms with Gasteiger partial charge in [0.15, 0.2) is 5.78 Å². The molecule has 1 aliphatic carbocycles. The number of likely N-dealkylation sites (N-methyl/N-ethyl adjacent to an activating group) is 1. The van der Waals surface area contributed by atoms with Crippen molar-refractivity contribution in [1.29, 1.82) is 0 Å². The molecule has 7 nitrogen and oxygen atoms in total. The van der Waals surface area contributed by atoms with Gasteiger partial charge >= 0.3 is 5.97 Å². The van der Waals surface area contributed by atoms with Crippen LogP contribution < -0.4 is 10.1 Å². The van der Waals surface area contributed by atoms with Crippen LogP contribution in [-0.4, -0.2) is 49.4 Å². The standard InChI is InChI=1S/C33H35N3O4.2H2/c1-6-10-22(36(3)4)19-40-33(38)30-20(2)35-27-17-21(23-11-7-8-14-29(23)39-5)18-28(37)32(27)31(30)25-12-9-13-26-24(25)15-16-34-26;;/h6-16,21,31,34-35H,1,17-19H2,2-5H3;2*1H/b22-10-;;/t21-,31?;;/m1../s1. The number of aromatic amines is 1. The van der Waals surface area contributed by atoms with Crippen molar-refractivity contribution in [1.82, 2.24) is 15.2 Å². The van der Waals surface area contributed by atoms with E-state index in [1.54, 1.807) is 13.2 Å². The molecule has 1 aromatic heterocycles. The molecule has 2 heterocycles. The molecule has 0 saturated heterocycles. The van der Waals surface area contributed by atoms with Gasteiger partial charge in [-0.15, -0.1) is 0 Å². The summed E-state index contributed by atoms with van der Waals surface area (Å²) >= 11 is 0. The van der Waals surface area contributed by atoms with E-state index in [0.29, 0.717) is 29.7 Å². The highest BCUT2D eigenvalue weighted by Gasteiger charge is 2.42. The average molecular weight is 542 g/mol. The van der Waals surface area contributed by atoms with Crippen molar-refractivity contribution in [2.24, 2.45) is 0 Å². The molecule has 2 N–H and O–H groups in total. The number of benzene rings is 2. The zero-order valence-electron chi connectivity index (χ0n) is 23.4. The Kier molecular flexibility index (Phi) is 7.65. The molecule has 2 aromatic carbocycles. The van der Waals surface area contributed by atoms with Crippen molar-refractivity contribution in [3.63, 3.8) is 0 Å². The summed E-state index contributed by atoms with van der Waals surface area (Å²) in [6.45, 7) is 5.73. The van der Waals surface area contributed by atoms with Gasteiger partial charge in [0.2, 0.25) is 0 Å². The molecule has 7 heteroatoms. The number of ether oxygens (including phenoxy) is 2. The zero-order chi connectivity index (χ0) is 28.4. The van der Waals surface area contributed by atoms with Gasteiger partial charge in [-0.05, 0) is 48.7 Å². The predicted molar refractivity (Wildman–Crippen MR) is 161 cm³/mol. The summed E-state index contributed by atoms with van der Waals surface area (Å²) < 4.78 is 11.5. The van der Waals surface area contributed by atoms with Gasteiger partial charge in [-0.25, -0.2) is 4.79 Å². The lowest BCUT2D eigenvalue weighted by Gasteiger charge is -2.37. The first-order valence-corrected chi connectivity index (χ1v) is 13.4. The number of ketones is 1. The first-order chi connectivity index (χ1) is 19.3. The van der Waals surface area contributed by atoms with Crippen LogP contribution in [0.25, 0.3) is 10.9 Å². The molecule has 2 atom stereocenters. The summed E-state index contributed by atoms with van der Waals surface area (Å²) in [4.78, 5) is 33.0. The van der Waals surface area contributed by atoms with Crippen LogP contribution in [-0.2, 0) is 14.3 Å². The quantitative estimate of drug-likeness (QED) is 0.261. The van der Waals surface area contributed by atoms with Crippen molar-refractivity contribution in [2.75, 3.05) is 27.8 Å². The molecule has 0 amide bonds. The van der Waals surface area contributed by atoms with E-state index in [-0.39, 0.29) is 21.2 Å². The summed E-state index contributed by atoms with van der Waals surface area (Å²) in [7, 11) is 5.43. The third kappa shape index (κ3) is 4.95. The van der Waals surface area contributed by atoms with Crippen LogP contribution in [0.3, 0.4) is 0 Å². The number of carbonyl (C=O) groups excluding carboxylic acids is 2. The maximum atomic E-state index is 14.0. The summed E-state index contributed by atoms with van der Waals surface area (Å²) in [5, 5.41) is 4.41. The third-order valence-electron chi connectivity index (χ3n) is 7.80. The second kappa shape index (κ2) is 11.3. The minimum absolute atomic E-state index is 0. The van der Waals surface area contributed by atoms with E-state index in [2.05, 4.69) is 16.9 Å². The molecule has 0 saturated carbocycles. The van der Waals surface area contributed by atoms with E-state index in [0.717, 1.165) is 39.2 Å². The Morgan fingerprint density at radius 2 is 1.90 bits per heavy atom. The average Bonchev–Trinajstić information content (AvgIpc) is 3.43. The Bertz CT molecular complexity index is 1580. The molecular weight excluding hydrogens is 502 g/mol. The van der Waals surface area contributed by atoms with Crippen LogP contribution in [0.1, 0.15) is 45.6 Å². The number of dihydropyridines is 1. The molecule has 2 aliphatic rings. The number of allylic oxidation sites excluding steroid dienone is 5. The second-order valence-corrected chi connectivity index (χ2v) is 10.4. The van der Waals surface area contributed by atoms with Crippen molar-refractivity contribution >= 4 is 22.7 Å². The molecule has 3 aromatic rings. The number of methoxy groups -OCH3 is 1. The summed E-state index contributed by atoms with van der Waals surface area (Å²) in [5.41, 5.74) is 6.28. The maximum Gasteiger partial charge on any atom is 0.337 e. The largest absolute Gasteiger partial charge is 0.496 e. The number of Topliss-reactive ketones (excluding diaryl/α,β-unsaturated/α-hetero) is 1. The molecule has 0 spiro atoms. The van der Waals surface area contributed by atoms with Crippen LogP contribution in [0.4, 0.5) is 0 Å². The highest BCUT2D eigenvalue weighted by molar-refractivity contribution is 6.05. The molecule has 40 heavy (non-hydrogen) atoms. The normalized spacial score (nSPS) is 19.3. The van der Waals surface area contributed by atoms with Gasteiger partial charge in [0, 0.05) is 69.3 Å². The molecule has 0 fully saturated rings. The summed E-state index contributed by atoms with van der Waals surface area (Å²) in [6, 6.07) is 15.8. The minimum atomic E-state index is -0.555. The number of nitrogens with one attached hydrogen (secondary N) is 2. The SMILES string of the molecule is C=C/C=C(/COC(=O)C1=C(C)NC2=C(C(=O)C[C@H](c3ccccc3OC)C2)C1c1cccc2[nH]ccc12)N(C)C.[HH].[HH]. The molecule has 0 radical (unpaired) electrons. The fourth-order valence-corrected chi connectivity index (χ4v) is 5.89. The second-order valence-electron chi connectivity index (χ2n) is 10.4. The van der Waals surface area contributed by atoms with E-state index in [4.69, 9.17) is 9.47 Å². The monoisotopic (exact) mass is 541 g/mol. The Morgan fingerprint density at radius 1 is 1.12 bits per heavy atom. The number of carbonyl (C=O) groups is 2. The van der Waals surface area contributed by atoms with Gasteiger partial charge in [0.25, 0.3) is 0 Å². The van der Waals surface area contributed by atoms with Crippen molar-refractivity contribution in [3.05, 3.63) is 113 Å². The fraction of sp³-hybridized carbons (Fsp3) is 0.273. The highest BCUT2D eigenvalue weighted by atomic mass is 16.5. The fourth-order valence-electron chi connectivity index (χ4n) is 5.89. The van der Waals surface area contributed by atoms with Gasteiger partial charge in [-0.3, -0.25) is 4.79 Å². The van der Waals surface area contributed by atoms with Crippen LogP contribution in [0.5, 0.6) is 5.75 Å².